The van der Waals surface area contributed by atoms with Crippen molar-refractivity contribution in [2.24, 2.45) is 0 Å². The molecule has 2 heterocycles. The lowest BCUT2D eigenvalue weighted by atomic mass is 9.86. The van der Waals surface area contributed by atoms with Crippen LogP contribution < -0.4 is 0 Å². The van der Waals surface area contributed by atoms with Crippen molar-refractivity contribution in [2.75, 3.05) is 0 Å². The highest BCUT2D eigenvalue weighted by atomic mass is 32.1. The van der Waals surface area contributed by atoms with Crippen LogP contribution in [-0.2, 0) is 0 Å². The van der Waals surface area contributed by atoms with Crippen LogP contribution in [0.5, 0.6) is 0 Å². The molecule has 8 aromatic rings. The van der Waals surface area contributed by atoms with E-state index in [4.69, 9.17) is 4.42 Å². The van der Waals surface area contributed by atoms with Crippen LogP contribution in [0.25, 0.3) is 75.1 Å². The molecule has 0 aliphatic rings. The molecule has 0 aliphatic carbocycles. The van der Waals surface area contributed by atoms with Crippen LogP contribution in [0, 0.1) is 0 Å². The van der Waals surface area contributed by atoms with Gasteiger partial charge in [-0.3, -0.25) is 0 Å². The van der Waals surface area contributed by atoms with E-state index in [1.165, 1.54) is 64.7 Å². The summed E-state index contributed by atoms with van der Waals surface area (Å²) in [4.78, 5) is 0.998. The Morgan fingerprint density at radius 3 is 1.67 bits per heavy atom. The lowest BCUT2D eigenvalue weighted by Crippen LogP contribution is -1.90. The number of benzene rings is 6. The third-order valence-electron chi connectivity index (χ3n) is 7.30. The molecule has 0 fully saturated rings. The van der Waals surface area contributed by atoms with Crippen LogP contribution in [0.2, 0.25) is 0 Å². The molecule has 36 heavy (non-hydrogen) atoms. The van der Waals surface area contributed by atoms with Gasteiger partial charge < -0.3 is 4.42 Å². The van der Waals surface area contributed by atoms with Crippen molar-refractivity contribution in [3.8, 4) is 22.3 Å². The quantitative estimate of drug-likeness (QED) is 0.226. The molecule has 0 atom stereocenters. The van der Waals surface area contributed by atoms with E-state index in [2.05, 4.69) is 121 Å². The van der Waals surface area contributed by atoms with E-state index in [0.717, 1.165) is 10.5 Å². The molecule has 0 spiro atoms. The Kier molecular flexibility index (Phi) is 4.16. The van der Waals surface area contributed by atoms with Crippen molar-refractivity contribution in [3.63, 3.8) is 0 Å². The summed E-state index contributed by atoms with van der Waals surface area (Å²) < 4.78 is 7.56. The second-order valence-electron chi connectivity index (χ2n) is 9.28. The number of furan rings is 1. The predicted molar refractivity (Wildman–Crippen MR) is 155 cm³/mol. The maximum absolute atomic E-state index is 6.30. The smallest absolute Gasteiger partial charge is 0.190 e. The van der Waals surface area contributed by atoms with Crippen molar-refractivity contribution in [3.05, 3.63) is 121 Å². The van der Waals surface area contributed by atoms with E-state index in [1.54, 1.807) is 11.3 Å². The average Bonchev–Trinajstić information content (AvgIpc) is 3.48. The minimum Gasteiger partial charge on any atom is -0.445 e. The molecule has 0 bridgehead atoms. The molecule has 0 unspecified atom stereocenters. The van der Waals surface area contributed by atoms with E-state index in [9.17, 15) is 0 Å². The summed E-state index contributed by atoms with van der Waals surface area (Å²) in [7, 11) is 0. The Morgan fingerprint density at radius 2 is 1.00 bits per heavy atom. The zero-order chi connectivity index (χ0) is 23.6. The van der Waals surface area contributed by atoms with Gasteiger partial charge in [0.1, 0.15) is 5.58 Å². The van der Waals surface area contributed by atoms with Crippen molar-refractivity contribution in [1.82, 2.24) is 0 Å². The average molecular weight is 477 g/mol. The van der Waals surface area contributed by atoms with Crippen molar-refractivity contribution < 1.29 is 4.42 Å². The maximum atomic E-state index is 6.30. The fourth-order valence-corrected chi connectivity index (χ4v) is 6.85. The van der Waals surface area contributed by atoms with Gasteiger partial charge in [0.05, 0.1) is 0 Å². The standard InChI is InChI=1S/C34H20OS/c1-2-10-21(11-3-1)31-23-12-4-6-14-25(23)32(26-15-7-5-13-24(26)31)22-18-19-29-28(20-22)33-27-16-8-9-17-30(27)36-34(33)35-29/h1-20H. The number of hydrogen-bond acceptors (Lipinski definition) is 2. The lowest BCUT2D eigenvalue weighted by molar-refractivity contribution is 0.678. The predicted octanol–water partition coefficient (Wildman–Crippen LogP) is 10.4. The number of rotatable bonds is 2. The number of thiophene rings is 1. The Labute approximate surface area is 211 Å². The first kappa shape index (κ1) is 19.9. The molecule has 6 aromatic carbocycles. The Hall–Kier alpha value is -4.40. The fourth-order valence-electron chi connectivity index (χ4n) is 5.77. The van der Waals surface area contributed by atoms with Crippen LogP contribution in [0.15, 0.2) is 126 Å². The molecule has 2 aromatic heterocycles. The maximum Gasteiger partial charge on any atom is 0.190 e. The zero-order valence-electron chi connectivity index (χ0n) is 19.4. The SMILES string of the molecule is c1ccc(-c2c3ccccc3c(-c3ccc4oc5sc6ccccc6c5c4c3)c3ccccc23)cc1. The second-order valence-corrected chi connectivity index (χ2v) is 10.3. The van der Waals surface area contributed by atoms with Gasteiger partial charge in [0.2, 0.25) is 0 Å². The fraction of sp³-hybridized carbons (Fsp3) is 0. The minimum absolute atomic E-state index is 0.945. The molecule has 0 N–H and O–H groups in total. The minimum atomic E-state index is 0.945. The van der Waals surface area contributed by atoms with Gasteiger partial charge in [0.15, 0.2) is 4.90 Å². The third-order valence-corrected chi connectivity index (χ3v) is 8.35. The summed E-state index contributed by atoms with van der Waals surface area (Å²) in [6.45, 7) is 0. The zero-order valence-corrected chi connectivity index (χ0v) is 20.2. The van der Waals surface area contributed by atoms with Crippen LogP contribution in [0.3, 0.4) is 0 Å². The molecular formula is C34H20OS. The summed E-state index contributed by atoms with van der Waals surface area (Å²) in [5.74, 6) is 0. The molecule has 0 aliphatic heterocycles. The Morgan fingerprint density at radius 1 is 0.444 bits per heavy atom. The van der Waals surface area contributed by atoms with Crippen LogP contribution in [-0.4, -0.2) is 0 Å². The first-order valence-corrected chi connectivity index (χ1v) is 13.0. The largest absolute Gasteiger partial charge is 0.445 e. The summed E-state index contributed by atoms with van der Waals surface area (Å²) >= 11 is 1.73. The lowest BCUT2D eigenvalue weighted by Gasteiger charge is -2.17. The molecule has 0 amide bonds. The van der Waals surface area contributed by atoms with Crippen molar-refractivity contribution in [1.29, 1.82) is 0 Å². The van der Waals surface area contributed by atoms with Gasteiger partial charge in [0, 0.05) is 20.9 Å². The highest BCUT2D eigenvalue weighted by molar-refractivity contribution is 7.25. The summed E-state index contributed by atoms with van der Waals surface area (Å²) in [5, 5.41) is 8.75. The van der Waals surface area contributed by atoms with Gasteiger partial charge >= 0.3 is 0 Å². The van der Waals surface area contributed by atoms with E-state index < -0.39 is 0 Å². The molecule has 2 heteroatoms. The van der Waals surface area contributed by atoms with Crippen LogP contribution in [0.4, 0.5) is 0 Å². The normalized spacial score (nSPS) is 11.9. The topological polar surface area (TPSA) is 13.1 Å². The van der Waals surface area contributed by atoms with Crippen LogP contribution in [0.1, 0.15) is 0 Å². The van der Waals surface area contributed by atoms with Gasteiger partial charge in [-0.05, 0) is 62.0 Å². The first-order chi connectivity index (χ1) is 17.9. The van der Waals surface area contributed by atoms with Gasteiger partial charge in [0.25, 0.3) is 0 Å². The van der Waals surface area contributed by atoms with E-state index in [-0.39, 0.29) is 0 Å². The second kappa shape index (κ2) is 7.55. The van der Waals surface area contributed by atoms with Crippen molar-refractivity contribution >= 4 is 64.2 Å². The van der Waals surface area contributed by atoms with Crippen molar-refractivity contribution in [2.45, 2.75) is 0 Å². The molecule has 0 radical (unpaired) electrons. The number of fused-ring (bicyclic) bond motifs is 7. The molecular weight excluding hydrogens is 456 g/mol. The van der Waals surface area contributed by atoms with E-state index >= 15 is 0 Å². The molecule has 168 valence electrons. The monoisotopic (exact) mass is 476 g/mol. The Bertz CT molecular complexity index is 2040. The van der Waals surface area contributed by atoms with E-state index in [1.807, 2.05) is 0 Å². The molecule has 1 nitrogen and oxygen atoms in total. The highest BCUT2D eigenvalue weighted by Crippen LogP contribution is 2.46. The van der Waals surface area contributed by atoms with E-state index in [0.29, 0.717) is 0 Å². The molecule has 0 saturated heterocycles. The molecule has 0 saturated carbocycles. The Balaban J connectivity index is 1.51. The van der Waals surface area contributed by atoms with Gasteiger partial charge in [-0.1, -0.05) is 114 Å². The van der Waals surface area contributed by atoms with Gasteiger partial charge in [-0.25, -0.2) is 0 Å². The number of hydrogen-bond donors (Lipinski definition) is 0. The summed E-state index contributed by atoms with van der Waals surface area (Å²) in [6, 6.07) is 43.7. The summed E-state index contributed by atoms with van der Waals surface area (Å²) in [6.07, 6.45) is 0. The molecule has 8 rings (SSSR count). The van der Waals surface area contributed by atoms with Gasteiger partial charge in [-0.2, -0.15) is 0 Å². The first-order valence-electron chi connectivity index (χ1n) is 12.2. The van der Waals surface area contributed by atoms with Gasteiger partial charge in [-0.15, -0.1) is 0 Å². The highest BCUT2D eigenvalue weighted by Gasteiger charge is 2.18. The third kappa shape index (κ3) is 2.76. The van der Waals surface area contributed by atoms with Crippen LogP contribution >= 0.6 is 11.3 Å². The summed E-state index contributed by atoms with van der Waals surface area (Å²) in [5.41, 5.74) is 5.97.